The van der Waals surface area contributed by atoms with Gasteiger partial charge in [0.2, 0.25) is 0 Å². The van der Waals surface area contributed by atoms with Gasteiger partial charge >= 0.3 is 11.9 Å². The molecule has 0 spiro atoms. The van der Waals surface area contributed by atoms with E-state index in [0.29, 0.717) is 29.1 Å². The van der Waals surface area contributed by atoms with Crippen LogP contribution >= 0.6 is 0 Å². The molecule has 2 aliphatic heterocycles. The van der Waals surface area contributed by atoms with E-state index in [2.05, 4.69) is 35.1 Å². The number of rotatable bonds is 9. The van der Waals surface area contributed by atoms with E-state index in [-0.39, 0.29) is 12.8 Å². The van der Waals surface area contributed by atoms with E-state index >= 15 is 0 Å². The number of allylic oxidation sites excluding steroid dienone is 4. The van der Waals surface area contributed by atoms with Crippen molar-refractivity contribution in [3.05, 3.63) is 70.3 Å². The highest BCUT2D eigenvalue weighted by Crippen LogP contribution is 2.37. The van der Waals surface area contributed by atoms with Gasteiger partial charge in [-0.2, -0.15) is 0 Å². The fraction of sp³-hybridized carbons (Fsp3) is 0.324. The minimum atomic E-state index is -0.873. The molecule has 0 radical (unpaired) electrons. The molecule has 0 aromatic carbocycles. The lowest BCUT2D eigenvalue weighted by Gasteiger charge is -2.13. The van der Waals surface area contributed by atoms with Gasteiger partial charge in [0.25, 0.3) is 5.91 Å². The first-order valence-electron chi connectivity index (χ1n) is 15.0. The van der Waals surface area contributed by atoms with Gasteiger partial charge in [0, 0.05) is 34.9 Å². The van der Waals surface area contributed by atoms with Crippen molar-refractivity contribution in [3.63, 3.8) is 0 Å². The lowest BCUT2D eigenvalue weighted by atomic mass is 9.98. The number of carbonyl (C=O) groups excluding carboxylic acids is 1. The Labute approximate surface area is 270 Å². The van der Waals surface area contributed by atoms with Crippen LogP contribution in [0.4, 0.5) is 0 Å². The van der Waals surface area contributed by atoms with Gasteiger partial charge in [-0.15, -0.1) is 0 Å². The Balaban J connectivity index is 0.000000488. The molecule has 0 unspecified atom stereocenters. The number of carboxylic acids is 2. The molecule has 13 nitrogen and oxygen atoms in total. The Kier molecular flexibility index (Phi) is 11.1. The minimum absolute atomic E-state index is 0.0138. The number of aromatic amines is 2. The fourth-order valence-corrected chi connectivity index (χ4v) is 5.40. The topological polar surface area (TPSA) is 213 Å². The second kappa shape index (κ2) is 15.0. The summed E-state index contributed by atoms with van der Waals surface area (Å²) in [4.78, 5) is 50.6. The number of carbonyl (C=O) groups is 3. The SMILES string of the molecule is CC1=C(CCC(=O)O)c2cc3nc(cc4[nH]c(cc4C)cc4[nH]c(cc1n2)cc4C)C(C)=C3CCC(=O)O.O=C(CO)N(CO)CO. The van der Waals surface area contributed by atoms with Gasteiger partial charge in [0.1, 0.15) is 20.1 Å². The number of aliphatic carboxylic acids is 2. The molecule has 5 rings (SSSR count). The van der Waals surface area contributed by atoms with Gasteiger partial charge in [-0.1, -0.05) is 0 Å². The Bertz CT molecular complexity index is 1930. The first-order chi connectivity index (χ1) is 22.3. The lowest BCUT2D eigenvalue weighted by Crippen LogP contribution is -2.34. The number of nitrogens with zero attached hydrogens (tertiary/aromatic N) is 3. The summed E-state index contributed by atoms with van der Waals surface area (Å²) in [6, 6.07) is 12.1. The molecule has 0 fully saturated rings. The summed E-state index contributed by atoms with van der Waals surface area (Å²) < 4.78 is 0. The first-order valence-corrected chi connectivity index (χ1v) is 15.0. The Hall–Kier alpha value is -5.11. The fourth-order valence-electron chi connectivity index (χ4n) is 5.40. The second-order valence-corrected chi connectivity index (χ2v) is 11.4. The zero-order chi connectivity index (χ0) is 34.4. The van der Waals surface area contributed by atoms with Crippen molar-refractivity contribution in [1.82, 2.24) is 24.8 Å². The van der Waals surface area contributed by atoms with E-state index in [0.717, 1.165) is 66.9 Å². The maximum Gasteiger partial charge on any atom is 0.303 e. The van der Waals surface area contributed by atoms with Crippen LogP contribution in [0.2, 0.25) is 0 Å². The van der Waals surface area contributed by atoms with Crippen LogP contribution in [0.1, 0.15) is 73.4 Å². The Morgan fingerprint density at radius 3 is 1.51 bits per heavy atom. The molecule has 7 N–H and O–H groups in total. The molecule has 8 bridgehead atoms. The van der Waals surface area contributed by atoms with E-state index in [4.69, 9.17) is 25.3 Å². The number of amides is 1. The van der Waals surface area contributed by atoms with Crippen molar-refractivity contribution in [2.45, 2.75) is 53.4 Å². The number of H-pyrrole nitrogens is 2. The molecule has 0 aliphatic carbocycles. The number of aryl methyl sites for hydroxylation is 2. The van der Waals surface area contributed by atoms with Crippen LogP contribution in [0.15, 0.2) is 36.4 Å². The van der Waals surface area contributed by atoms with Crippen LogP contribution in [0, 0.1) is 13.8 Å². The maximum absolute atomic E-state index is 11.4. The molecule has 0 saturated carbocycles. The summed E-state index contributed by atoms with van der Waals surface area (Å²) in [6.07, 6.45) is 0.647. The number of aliphatic hydroxyl groups is 3. The van der Waals surface area contributed by atoms with E-state index in [9.17, 15) is 24.6 Å². The highest BCUT2D eigenvalue weighted by atomic mass is 16.4. The number of aliphatic hydroxyl groups excluding tert-OH is 3. The lowest BCUT2D eigenvalue weighted by molar-refractivity contribution is -0.142. The predicted molar refractivity (Wildman–Crippen MR) is 177 cm³/mol. The number of fused-ring (bicyclic) bond motifs is 8. The van der Waals surface area contributed by atoms with Gasteiger partial charge in [-0.3, -0.25) is 19.3 Å². The van der Waals surface area contributed by atoms with Gasteiger partial charge in [0.05, 0.1) is 22.8 Å². The molecular formula is C34H39N5O8. The normalized spacial score (nSPS) is 12.6. The standard InChI is InChI=1S/C30H30N4O4.C4H9NO4/c1-15-9-20-12-25-17(3)21(5-7-29(35)36)27(33-25)14-28-22(6-8-30(37)38)18(4)26(34-28)13-24-16(2)10-19(32-24)11-23(15)31-20;6-1-4(9)5(2-7)3-8/h9-14,31-32H,5-8H2,1-4H3,(H,35,36)(H,37,38);6-8H,1-3H2. The van der Waals surface area contributed by atoms with Gasteiger partial charge in [0.15, 0.2) is 0 Å². The molecule has 5 heterocycles. The quantitative estimate of drug-likeness (QED) is 0.165. The molecule has 1 amide bonds. The van der Waals surface area contributed by atoms with E-state index < -0.39 is 37.9 Å². The highest BCUT2D eigenvalue weighted by molar-refractivity contribution is 5.96. The summed E-state index contributed by atoms with van der Waals surface area (Å²) in [6.45, 7) is 6.17. The van der Waals surface area contributed by atoms with Crippen LogP contribution in [0.25, 0.3) is 44.4 Å². The van der Waals surface area contributed by atoms with Crippen LogP contribution in [-0.4, -0.2) is 88.3 Å². The van der Waals surface area contributed by atoms with Gasteiger partial charge in [-0.05, 0) is 110 Å². The molecule has 0 atom stereocenters. The molecular weight excluding hydrogens is 606 g/mol. The van der Waals surface area contributed by atoms with Gasteiger partial charge < -0.3 is 35.5 Å². The van der Waals surface area contributed by atoms with E-state index in [1.54, 1.807) is 0 Å². The maximum atomic E-state index is 11.4. The smallest absolute Gasteiger partial charge is 0.303 e. The average molecular weight is 646 g/mol. The average Bonchev–Trinajstić information content (AvgIpc) is 3.72. The summed E-state index contributed by atoms with van der Waals surface area (Å²) >= 11 is 0. The molecule has 3 aromatic rings. The largest absolute Gasteiger partial charge is 0.481 e. The van der Waals surface area contributed by atoms with Crippen molar-refractivity contribution >= 4 is 62.2 Å². The predicted octanol–water partition coefficient (Wildman–Crippen LogP) is 4.23. The summed E-state index contributed by atoms with van der Waals surface area (Å²) in [7, 11) is 0. The second-order valence-electron chi connectivity index (χ2n) is 11.4. The number of carboxylic acid groups (broad SMARTS) is 2. The number of nitrogens with one attached hydrogen (secondary N) is 2. The highest BCUT2D eigenvalue weighted by Gasteiger charge is 2.22. The third-order valence-electron chi connectivity index (χ3n) is 8.08. The Morgan fingerprint density at radius 1 is 0.638 bits per heavy atom. The molecule has 248 valence electrons. The van der Waals surface area contributed by atoms with Crippen LogP contribution in [0.5, 0.6) is 0 Å². The van der Waals surface area contributed by atoms with E-state index in [1.165, 1.54) is 0 Å². The molecule has 3 aromatic heterocycles. The van der Waals surface area contributed by atoms with Crippen LogP contribution in [-0.2, 0) is 14.4 Å². The minimum Gasteiger partial charge on any atom is -0.481 e. The van der Waals surface area contributed by atoms with Crippen molar-refractivity contribution in [3.8, 4) is 0 Å². The van der Waals surface area contributed by atoms with Crippen LogP contribution < -0.4 is 0 Å². The number of aromatic nitrogens is 4. The summed E-state index contributed by atoms with van der Waals surface area (Å²) in [5.41, 5.74) is 12.4. The zero-order valence-corrected chi connectivity index (χ0v) is 26.7. The number of hydrogen-bond acceptors (Lipinski definition) is 8. The summed E-state index contributed by atoms with van der Waals surface area (Å²) in [5, 5.41) is 43.4. The molecule has 47 heavy (non-hydrogen) atoms. The monoisotopic (exact) mass is 645 g/mol. The third-order valence-corrected chi connectivity index (χ3v) is 8.08. The van der Waals surface area contributed by atoms with Crippen molar-refractivity contribution in [1.29, 1.82) is 0 Å². The molecule has 0 saturated heterocycles. The first kappa shape index (κ1) is 34.8. The van der Waals surface area contributed by atoms with Crippen LogP contribution in [0.3, 0.4) is 0 Å². The van der Waals surface area contributed by atoms with Gasteiger partial charge in [-0.25, -0.2) is 9.97 Å². The molecule has 13 heteroatoms. The van der Waals surface area contributed by atoms with Crippen molar-refractivity contribution < 1.29 is 39.9 Å². The summed E-state index contributed by atoms with van der Waals surface area (Å²) in [5.74, 6) is -2.44. The Morgan fingerprint density at radius 2 is 1.09 bits per heavy atom. The van der Waals surface area contributed by atoms with Crippen molar-refractivity contribution in [2.75, 3.05) is 20.1 Å². The third kappa shape index (κ3) is 8.19. The zero-order valence-electron chi connectivity index (χ0n) is 26.7. The van der Waals surface area contributed by atoms with E-state index in [1.807, 2.05) is 39.0 Å². The molecule has 2 aliphatic rings. The van der Waals surface area contributed by atoms with Crippen molar-refractivity contribution in [2.24, 2.45) is 0 Å². The number of hydrogen-bond donors (Lipinski definition) is 7.